The van der Waals surface area contributed by atoms with E-state index in [4.69, 9.17) is 16.3 Å². The molecular formula is C30H35ClFN3O5S. The van der Waals surface area contributed by atoms with Crippen LogP contribution in [0.4, 0.5) is 10.1 Å². The number of rotatable bonds is 12. The number of amides is 2. The number of anilines is 1. The van der Waals surface area contributed by atoms with Gasteiger partial charge in [-0.25, -0.2) is 12.8 Å². The molecule has 0 aliphatic heterocycles. The topological polar surface area (TPSA) is 96.0 Å². The molecular weight excluding hydrogens is 569 g/mol. The highest BCUT2D eigenvalue weighted by molar-refractivity contribution is 7.92. The lowest BCUT2D eigenvalue weighted by Crippen LogP contribution is -2.51. The molecule has 0 aliphatic carbocycles. The van der Waals surface area contributed by atoms with Crippen molar-refractivity contribution in [1.29, 1.82) is 0 Å². The standard InChI is InChI=1S/C30H35ClFN3O5S/c1-20(2)17-33-30(37)22(4)34(18-23-8-6-7-9-27(23)32)29(36)19-35(24-12-15-28(40-5)26(31)16-24)41(38,39)25-13-10-21(3)11-14-25/h6-16,20,22H,17-19H2,1-5H3,(H,33,37)/t22-/m1/s1. The molecule has 1 N–H and O–H groups in total. The molecule has 0 saturated heterocycles. The summed E-state index contributed by atoms with van der Waals surface area (Å²) in [7, 11) is -2.84. The molecule has 3 rings (SSSR count). The van der Waals surface area contributed by atoms with Crippen molar-refractivity contribution in [2.45, 2.75) is 45.2 Å². The Morgan fingerprint density at radius 3 is 2.27 bits per heavy atom. The minimum Gasteiger partial charge on any atom is -0.495 e. The number of nitrogens with one attached hydrogen (secondary N) is 1. The predicted octanol–water partition coefficient (Wildman–Crippen LogP) is 5.18. The van der Waals surface area contributed by atoms with E-state index >= 15 is 0 Å². The number of carbonyl (C=O) groups excluding carboxylic acids is 2. The summed E-state index contributed by atoms with van der Waals surface area (Å²) in [6.07, 6.45) is 0. The van der Waals surface area contributed by atoms with Gasteiger partial charge in [0.05, 0.1) is 22.7 Å². The SMILES string of the molecule is COc1ccc(N(CC(=O)N(Cc2ccccc2F)[C@H](C)C(=O)NCC(C)C)S(=O)(=O)c2ccc(C)cc2)cc1Cl. The van der Waals surface area contributed by atoms with Gasteiger partial charge in [-0.05, 0) is 56.2 Å². The smallest absolute Gasteiger partial charge is 0.264 e. The summed E-state index contributed by atoms with van der Waals surface area (Å²) >= 11 is 6.33. The summed E-state index contributed by atoms with van der Waals surface area (Å²) in [5.74, 6) is -1.21. The summed E-state index contributed by atoms with van der Waals surface area (Å²) < 4.78 is 48.6. The fourth-order valence-electron chi connectivity index (χ4n) is 4.02. The van der Waals surface area contributed by atoms with Crippen molar-refractivity contribution in [2.75, 3.05) is 24.5 Å². The highest BCUT2D eigenvalue weighted by Crippen LogP contribution is 2.32. The minimum atomic E-state index is -4.27. The average molecular weight is 604 g/mol. The Hall–Kier alpha value is -3.63. The fraction of sp³-hybridized carbons (Fsp3) is 0.333. The van der Waals surface area contributed by atoms with Crippen molar-refractivity contribution >= 4 is 39.1 Å². The molecule has 11 heteroatoms. The van der Waals surface area contributed by atoms with E-state index in [0.717, 1.165) is 9.87 Å². The molecule has 3 aromatic carbocycles. The van der Waals surface area contributed by atoms with E-state index in [1.54, 1.807) is 18.2 Å². The van der Waals surface area contributed by atoms with Crippen LogP contribution in [0.15, 0.2) is 71.6 Å². The van der Waals surface area contributed by atoms with Crippen LogP contribution >= 0.6 is 11.6 Å². The molecule has 0 saturated carbocycles. The highest BCUT2D eigenvalue weighted by atomic mass is 35.5. The number of hydrogen-bond acceptors (Lipinski definition) is 5. The van der Waals surface area contributed by atoms with Gasteiger partial charge >= 0.3 is 0 Å². The van der Waals surface area contributed by atoms with Gasteiger partial charge < -0.3 is 15.0 Å². The van der Waals surface area contributed by atoms with Crippen LogP contribution in [0.25, 0.3) is 0 Å². The van der Waals surface area contributed by atoms with Gasteiger partial charge in [-0.3, -0.25) is 13.9 Å². The number of aryl methyl sites for hydroxylation is 1. The Labute approximate surface area is 246 Å². The maximum absolute atomic E-state index is 14.6. The van der Waals surface area contributed by atoms with E-state index in [0.29, 0.717) is 12.3 Å². The Balaban J connectivity index is 2.06. The third kappa shape index (κ3) is 7.98. The molecule has 2 amide bonds. The molecule has 0 bridgehead atoms. The molecule has 0 unspecified atom stereocenters. The quantitative estimate of drug-likeness (QED) is 0.308. The second-order valence-electron chi connectivity index (χ2n) is 10.1. The van der Waals surface area contributed by atoms with Crippen molar-refractivity contribution in [3.05, 3.63) is 88.7 Å². The Kier molecular flexibility index (Phi) is 10.8. The lowest BCUT2D eigenvalue weighted by Gasteiger charge is -2.32. The molecule has 8 nitrogen and oxygen atoms in total. The van der Waals surface area contributed by atoms with Crippen molar-refractivity contribution in [1.82, 2.24) is 10.2 Å². The maximum atomic E-state index is 14.6. The van der Waals surface area contributed by atoms with Crippen molar-refractivity contribution in [3.8, 4) is 5.75 Å². The number of carbonyl (C=O) groups is 2. The third-order valence-corrected chi connectivity index (χ3v) is 8.55. The van der Waals surface area contributed by atoms with Crippen LogP contribution in [-0.2, 0) is 26.2 Å². The summed E-state index contributed by atoms with van der Waals surface area (Å²) in [6, 6.07) is 15.5. The largest absolute Gasteiger partial charge is 0.495 e. The van der Waals surface area contributed by atoms with E-state index in [2.05, 4.69) is 5.32 Å². The molecule has 0 aromatic heterocycles. The van der Waals surface area contributed by atoms with Gasteiger partial charge in [-0.15, -0.1) is 0 Å². The number of hydrogen-bond donors (Lipinski definition) is 1. The van der Waals surface area contributed by atoms with Gasteiger partial charge in [0, 0.05) is 18.7 Å². The van der Waals surface area contributed by atoms with E-state index < -0.39 is 40.2 Å². The van der Waals surface area contributed by atoms with Crippen LogP contribution in [0.1, 0.15) is 31.9 Å². The number of halogens is 2. The Morgan fingerprint density at radius 1 is 1.02 bits per heavy atom. The van der Waals surface area contributed by atoms with Crippen molar-refractivity contribution in [3.63, 3.8) is 0 Å². The zero-order valence-corrected chi connectivity index (χ0v) is 25.3. The molecule has 0 heterocycles. The fourth-order valence-corrected chi connectivity index (χ4v) is 5.68. The van der Waals surface area contributed by atoms with Crippen LogP contribution in [-0.4, -0.2) is 51.4 Å². The summed E-state index contributed by atoms with van der Waals surface area (Å²) in [5.41, 5.74) is 1.16. The molecule has 0 fully saturated rings. The van der Waals surface area contributed by atoms with Crippen molar-refractivity contribution in [2.24, 2.45) is 5.92 Å². The molecule has 0 aliphatic rings. The molecule has 220 valence electrons. The Bertz CT molecular complexity index is 1480. The number of benzene rings is 3. The molecule has 0 radical (unpaired) electrons. The molecule has 0 spiro atoms. The first-order chi connectivity index (χ1) is 19.3. The van der Waals surface area contributed by atoms with E-state index in [1.165, 1.54) is 67.5 Å². The van der Waals surface area contributed by atoms with Gasteiger partial charge in [-0.1, -0.05) is 61.3 Å². The van der Waals surface area contributed by atoms with Crippen LogP contribution < -0.4 is 14.4 Å². The highest BCUT2D eigenvalue weighted by Gasteiger charge is 2.33. The van der Waals surface area contributed by atoms with Gasteiger partial charge in [-0.2, -0.15) is 0 Å². The number of nitrogens with zero attached hydrogens (tertiary/aromatic N) is 2. The second kappa shape index (κ2) is 13.8. The van der Waals surface area contributed by atoms with Gasteiger partial charge in [0.15, 0.2) is 0 Å². The molecule has 1 atom stereocenters. The van der Waals surface area contributed by atoms with Crippen molar-refractivity contribution < 1.29 is 27.1 Å². The van der Waals surface area contributed by atoms with Crippen LogP contribution in [0.2, 0.25) is 5.02 Å². The van der Waals surface area contributed by atoms with E-state index in [1.807, 2.05) is 20.8 Å². The minimum absolute atomic E-state index is 0.0359. The van der Waals surface area contributed by atoms with Gasteiger partial charge in [0.25, 0.3) is 10.0 Å². The number of methoxy groups -OCH3 is 1. The van der Waals surface area contributed by atoms with E-state index in [9.17, 15) is 22.4 Å². The lowest BCUT2D eigenvalue weighted by atomic mass is 10.1. The molecule has 41 heavy (non-hydrogen) atoms. The summed E-state index contributed by atoms with van der Waals surface area (Å²) in [5, 5.41) is 2.94. The van der Waals surface area contributed by atoms with Crippen LogP contribution in [0.5, 0.6) is 5.75 Å². The summed E-state index contributed by atoms with van der Waals surface area (Å²) in [4.78, 5) is 28.1. The van der Waals surface area contributed by atoms with Crippen LogP contribution in [0.3, 0.4) is 0 Å². The average Bonchev–Trinajstić information content (AvgIpc) is 2.93. The van der Waals surface area contributed by atoms with Crippen LogP contribution in [0, 0.1) is 18.7 Å². The first-order valence-electron chi connectivity index (χ1n) is 13.1. The Morgan fingerprint density at radius 2 is 1.68 bits per heavy atom. The summed E-state index contributed by atoms with van der Waals surface area (Å²) in [6.45, 7) is 6.68. The van der Waals surface area contributed by atoms with Gasteiger partial charge in [0.2, 0.25) is 11.8 Å². The second-order valence-corrected chi connectivity index (χ2v) is 12.3. The number of sulfonamides is 1. The predicted molar refractivity (Wildman–Crippen MR) is 158 cm³/mol. The number of ether oxygens (including phenoxy) is 1. The maximum Gasteiger partial charge on any atom is 0.264 e. The first kappa shape index (κ1) is 31.9. The monoisotopic (exact) mass is 603 g/mol. The van der Waals surface area contributed by atoms with Gasteiger partial charge in [0.1, 0.15) is 24.2 Å². The normalized spacial score (nSPS) is 12.1. The first-order valence-corrected chi connectivity index (χ1v) is 14.9. The third-order valence-electron chi connectivity index (χ3n) is 6.46. The van der Waals surface area contributed by atoms with E-state index in [-0.39, 0.29) is 33.6 Å². The zero-order valence-electron chi connectivity index (χ0n) is 23.7. The lowest BCUT2D eigenvalue weighted by molar-refractivity contribution is -0.139. The zero-order chi connectivity index (χ0) is 30.3. The molecule has 3 aromatic rings.